The molecule has 1 aliphatic heterocycles. The van der Waals surface area contributed by atoms with Crippen LogP contribution in [0.25, 0.3) is 11.0 Å². The van der Waals surface area contributed by atoms with Crippen molar-refractivity contribution < 1.29 is 8.42 Å². The van der Waals surface area contributed by atoms with Gasteiger partial charge in [-0.1, -0.05) is 6.07 Å². The molecule has 0 aliphatic carbocycles. The lowest BCUT2D eigenvalue weighted by molar-refractivity contribution is 0.581. The molecule has 3 heterocycles. The highest BCUT2D eigenvalue weighted by molar-refractivity contribution is 7.90. The summed E-state index contributed by atoms with van der Waals surface area (Å²) in [4.78, 5) is 17.0. The Morgan fingerprint density at radius 1 is 1.20 bits per heavy atom. The Morgan fingerprint density at radius 3 is 2.80 bits per heavy atom. The number of benzene rings is 1. The molecule has 0 radical (unpaired) electrons. The van der Waals surface area contributed by atoms with E-state index in [4.69, 9.17) is 4.98 Å². The molecule has 1 N–H and O–H groups in total. The molecule has 0 unspecified atom stereocenters. The fourth-order valence-corrected chi connectivity index (χ4v) is 4.83. The van der Waals surface area contributed by atoms with Crippen LogP contribution in [-0.4, -0.2) is 40.6 Å². The second kappa shape index (κ2) is 8.26. The lowest BCUT2D eigenvalue weighted by atomic mass is 9.98. The predicted octanol–water partition coefficient (Wildman–Crippen LogP) is 2.62. The predicted molar refractivity (Wildman–Crippen MR) is 120 cm³/mol. The van der Waals surface area contributed by atoms with E-state index in [2.05, 4.69) is 28.9 Å². The van der Waals surface area contributed by atoms with E-state index in [1.165, 1.54) is 11.8 Å². The minimum absolute atomic E-state index is 0.0344. The molecule has 4 rings (SSSR count). The van der Waals surface area contributed by atoms with Gasteiger partial charge in [0.05, 0.1) is 16.8 Å². The Balaban J connectivity index is 1.69. The van der Waals surface area contributed by atoms with Gasteiger partial charge < -0.3 is 14.5 Å². The van der Waals surface area contributed by atoms with Crippen LogP contribution >= 0.6 is 0 Å². The number of nitrogens with zero attached hydrogens (tertiary/aromatic N) is 3. The summed E-state index contributed by atoms with van der Waals surface area (Å²) in [5.41, 5.74) is 4.35. The van der Waals surface area contributed by atoms with Crippen LogP contribution < -0.4 is 10.9 Å². The lowest BCUT2D eigenvalue weighted by Gasteiger charge is -2.24. The van der Waals surface area contributed by atoms with E-state index in [1.54, 1.807) is 22.9 Å². The maximum Gasteiger partial charge on any atom is 0.250 e. The lowest BCUT2D eigenvalue weighted by Crippen LogP contribution is -2.22. The first-order chi connectivity index (χ1) is 14.3. The molecule has 1 aliphatic rings. The van der Waals surface area contributed by atoms with Gasteiger partial charge in [0, 0.05) is 55.3 Å². The topological polar surface area (TPSA) is 86.0 Å². The Morgan fingerprint density at radius 2 is 2.03 bits per heavy atom. The van der Waals surface area contributed by atoms with E-state index in [1.807, 2.05) is 6.07 Å². The van der Waals surface area contributed by atoms with Gasteiger partial charge in [0.15, 0.2) is 0 Å². The molecule has 160 valence electrons. The molecule has 0 saturated carbocycles. The maximum atomic E-state index is 12.1. The zero-order valence-corrected chi connectivity index (χ0v) is 18.3. The van der Waals surface area contributed by atoms with Crippen molar-refractivity contribution in [3.8, 4) is 0 Å². The van der Waals surface area contributed by atoms with Crippen LogP contribution in [0.4, 0.5) is 5.69 Å². The molecule has 1 aromatic carbocycles. The minimum atomic E-state index is -3.01. The number of pyridine rings is 1. The van der Waals surface area contributed by atoms with Crippen molar-refractivity contribution in [1.82, 2.24) is 14.1 Å². The van der Waals surface area contributed by atoms with Crippen LogP contribution in [0, 0.1) is 0 Å². The van der Waals surface area contributed by atoms with Gasteiger partial charge in [-0.3, -0.25) is 4.79 Å². The molecule has 7 nitrogen and oxygen atoms in total. The standard InChI is InChI=1S/C22H28N4O3S/c1-16-7-8-17-18(23-16)9-10-19-22(17)24-20(26(19)13-5-15-30(2,28)29)11-14-25-12-4-3-6-21(25)27/h3-4,6,9-10,12,16,23H,5,7-8,11,13-15H2,1-2H3/t16-/m0/s1. The van der Waals surface area contributed by atoms with Crippen molar-refractivity contribution in [3.05, 3.63) is 58.3 Å². The van der Waals surface area contributed by atoms with Gasteiger partial charge in [-0.05, 0) is 44.4 Å². The summed E-state index contributed by atoms with van der Waals surface area (Å²) in [5.74, 6) is 1.04. The number of hydrogen-bond acceptors (Lipinski definition) is 5. The summed E-state index contributed by atoms with van der Waals surface area (Å²) in [6.45, 7) is 3.30. The summed E-state index contributed by atoms with van der Waals surface area (Å²) < 4.78 is 27.0. The first-order valence-electron chi connectivity index (χ1n) is 10.4. The summed E-state index contributed by atoms with van der Waals surface area (Å²) in [5, 5.41) is 3.54. The zero-order chi connectivity index (χ0) is 21.3. The van der Waals surface area contributed by atoms with Crippen LogP contribution in [-0.2, 0) is 35.8 Å². The Hall–Kier alpha value is -2.61. The van der Waals surface area contributed by atoms with E-state index in [0.717, 1.165) is 35.4 Å². The van der Waals surface area contributed by atoms with E-state index >= 15 is 0 Å². The van der Waals surface area contributed by atoms with Crippen molar-refractivity contribution in [2.75, 3.05) is 17.3 Å². The second-order valence-corrected chi connectivity index (χ2v) is 10.4. The van der Waals surface area contributed by atoms with Gasteiger partial charge in [0.25, 0.3) is 5.56 Å². The third-order valence-corrected chi connectivity index (χ3v) is 6.74. The van der Waals surface area contributed by atoms with Gasteiger partial charge >= 0.3 is 0 Å². The number of aryl methyl sites for hydroxylation is 4. The molecule has 30 heavy (non-hydrogen) atoms. The average molecular weight is 429 g/mol. The number of aromatic nitrogens is 3. The first-order valence-corrected chi connectivity index (χ1v) is 12.5. The van der Waals surface area contributed by atoms with Crippen molar-refractivity contribution in [1.29, 1.82) is 0 Å². The maximum absolute atomic E-state index is 12.1. The smallest absolute Gasteiger partial charge is 0.250 e. The van der Waals surface area contributed by atoms with Gasteiger partial charge in [-0.2, -0.15) is 0 Å². The highest BCUT2D eigenvalue weighted by Crippen LogP contribution is 2.32. The number of nitrogens with one attached hydrogen (secondary N) is 1. The number of fused-ring (bicyclic) bond motifs is 3. The Bertz CT molecular complexity index is 1230. The van der Waals surface area contributed by atoms with Crippen LogP contribution in [0.5, 0.6) is 0 Å². The normalized spacial score (nSPS) is 16.4. The number of imidazole rings is 1. The van der Waals surface area contributed by atoms with Crippen molar-refractivity contribution in [2.24, 2.45) is 0 Å². The molecule has 3 aromatic rings. The van der Waals surface area contributed by atoms with Crippen molar-refractivity contribution in [3.63, 3.8) is 0 Å². The summed E-state index contributed by atoms with van der Waals surface area (Å²) >= 11 is 0. The third kappa shape index (κ3) is 4.43. The van der Waals surface area contributed by atoms with Crippen LogP contribution in [0.1, 0.15) is 31.2 Å². The second-order valence-electron chi connectivity index (χ2n) is 8.19. The van der Waals surface area contributed by atoms with Crippen LogP contribution in [0.15, 0.2) is 41.3 Å². The van der Waals surface area contributed by atoms with E-state index in [-0.39, 0.29) is 11.3 Å². The molecule has 0 saturated heterocycles. The summed E-state index contributed by atoms with van der Waals surface area (Å²) in [7, 11) is -3.01. The third-order valence-electron chi connectivity index (χ3n) is 5.71. The summed E-state index contributed by atoms with van der Waals surface area (Å²) in [6.07, 6.45) is 6.22. The van der Waals surface area contributed by atoms with E-state index in [0.29, 0.717) is 32.0 Å². The number of anilines is 1. The van der Waals surface area contributed by atoms with Crippen LogP contribution in [0.3, 0.4) is 0 Å². The number of hydrogen-bond donors (Lipinski definition) is 1. The Kier molecular flexibility index (Phi) is 5.69. The van der Waals surface area contributed by atoms with Gasteiger partial charge in [0.1, 0.15) is 15.7 Å². The molecule has 0 spiro atoms. The number of sulfone groups is 1. The molecular weight excluding hydrogens is 400 g/mol. The van der Waals surface area contributed by atoms with Crippen molar-refractivity contribution >= 4 is 26.6 Å². The molecule has 0 bridgehead atoms. The number of rotatable bonds is 7. The molecule has 0 amide bonds. The highest BCUT2D eigenvalue weighted by atomic mass is 32.2. The largest absolute Gasteiger partial charge is 0.382 e. The van der Waals surface area contributed by atoms with Crippen molar-refractivity contribution in [2.45, 2.75) is 51.7 Å². The van der Waals surface area contributed by atoms with Crippen LogP contribution in [0.2, 0.25) is 0 Å². The fraction of sp³-hybridized carbons (Fsp3) is 0.455. The fourth-order valence-electron chi connectivity index (χ4n) is 4.17. The quantitative estimate of drug-likeness (QED) is 0.625. The Labute approximate surface area is 176 Å². The molecule has 8 heteroatoms. The SMILES string of the molecule is C[C@H]1CCc2c(ccc3c2nc(CCn2ccccc2=O)n3CCCS(C)(=O)=O)N1. The molecule has 1 atom stereocenters. The van der Waals surface area contributed by atoms with Gasteiger partial charge in [-0.25, -0.2) is 13.4 Å². The average Bonchev–Trinajstić information content (AvgIpc) is 3.04. The highest BCUT2D eigenvalue weighted by Gasteiger charge is 2.21. The van der Waals surface area contributed by atoms with Gasteiger partial charge in [-0.15, -0.1) is 0 Å². The van der Waals surface area contributed by atoms with E-state index < -0.39 is 9.84 Å². The summed E-state index contributed by atoms with van der Waals surface area (Å²) in [6, 6.07) is 9.76. The monoisotopic (exact) mass is 428 g/mol. The zero-order valence-electron chi connectivity index (χ0n) is 17.5. The molecule has 2 aromatic heterocycles. The van der Waals surface area contributed by atoms with Gasteiger partial charge in [0.2, 0.25) is 0 Å². The minimum Gasteiger partial charge on any atom is -0.382 e. The van der Waals surface area contributed by atoms with E-state index in [9.17, 15) is 13.2 Å². The first kappa shape index (κ1) is 20.7. The molecular formula is C22H28N4O3S. The molecule has 0 fully saturated rings.